The first-order valence-electron chi connectivity index (χ1n) is 9.08. The van der Waals surface area contributed by atoms with E-state index in [9.17, 15) is 19.2 Å². The molecule has 8 heteroatoms. The molecule has 1 amide bonds. The summed E-state index contributed by atoms with van der Waals surface area (Å²) in [7, 11) is 1.50. The molecule has 1 saturated heterocycles. The van der Waals surface area contributed by atoms with E-state index in [-0.39, 0.29) is 16.5 Å². The van der Waals surface area contributed by atoms with E-state index in [0.29, 0.717) is 10.6 Å². The zero-order valence-corrected chi connectivity index (χ0v) is 17.9. The average molecular weight is 435 g/mol. The van der Waals surface area contributed by atoms with Gasteiger partial charge in [-0.15, -0.1) is 0 Å². The lowest BCUT2D eigenvalue weighted by molar-refractivity contribution is -0.139. The fraction of sp³-hybridized carbons (Fsp3) is 0.333. The maximum absolute atomic E-state index is 13.0. The number of aromatic nitrogens is 1. The van der Waals surface area contributed by atoms with Gasteiger partial charge in [-0.1, -0.05) is 43.1 Å². The summed E-state index contributed by atoms with van der Waals surface area (Å²) in [5.74, 6) is -3.49. The molecule has 2 atom stereocenters. The molecular weight excluding hydrogens is 415 g/mol. The van der Waals surface area contributed by atoms with E-state index in [1.54, 1.807) is 39.0 Å². The number of hydrogen-bond donors (Lipinski definition) is 0. The van der Waals surface area contributed by atoms with Crippen molar-refractivity contribution in [3.05, 3.63) is 62.0 Å². The lowest BCUT2D eigenvalue weighted by Crippen LogP contribution is -2.33. The molecule has 1 fully saturated rings. The number of amides is 1. The lowest BCUT2D eigenvalue weighted by Gasteiger charge is -2.29. The summed E-state index contributed by atoms with van der Waals surface area (Å²) in [5, 5.41) is 0.417. The fourth-order valence-corrected chi connectivity index (χ4v) is 4.14. The van der Waals surface area contributed by atoms with Crippen LogP contribution in [0.25, 0.3) is 0 Å². The van der Waals surface area contributed by atoms with Crippen LogP contribution in [-0.4, -0.2) is 22.0 Å². The van der Waals surface area contributed by atoms with Gasteiger partial charge in [-0.2, -0.15) is 0 Å². The van der Waals surface area contributed by atoms with Crippen molar-refractivity contribution in [1.29, 1.82) is 0 Å². The Kier molecular flexibility index (Phi) is 5.70. The van der Waals surface area contributed by atoms with Gasteiger partial charge in [0.2, 0.25) is 5.78 Å². The first kappa shape index (κ1) is 21.3. The lowest BCUT2D eigenvalue weighted by atomic mass is 9.83. The number of nitrogens with zero attached hydrogens (tertiary/aromatic N) is 2. The van der Waals surface area contributed by atoms with Crippen molar-refractivity contribution in [2.24, 2.45) is 18.9 Å². The summed E-state index contributed by atoms with van der Waals surface area (Å²) in [6, 6.07) is 5.57. The van der Waals surface area contributed by atoms with Crippen molar-refractivity contribution in [1.82, 2.24) is 4.57 Å². The molecule has 29 heavy (non-hydrogen) atoms. The molecular formula is C21H20Cl2N2O4. The number of hydrogen-bond acceptors (Lipinski definition) is 4. The van der Waals surface area contributed by atoms with Gasteiger partial charge in [-0.05, 0) is 36.2 Å². The van der Waals surface area contributed by atoms with Crippen LogP contribution in [0.4, 0.5) is 5.69 Å². The highest BCUT2D eigenvalue weighted by Gasteiger charge is 2.52. The van der Waals surface area contributed by atoms with Crippen LogP contribution in [0.15, 0.2) is 35.3 Å². The zero-order valence-electron chi connectivity index (χ0n) is 16.4. The van der Waals surface area contributed by atoms with Gasteiger partial charge in [0.05, 0.1) is 11.7 Å². The third kappa shape index (κ3) is 3.63. The van der Waals surface area contributed by atoms with Crippen molar-refractivity contribution >= 4 is 46.4 Å². The van der Waals surface area contributed by atoms with Gasteiger partial charge in [0, 0.05) is 24.2 Å². The fourth-order valence-electron chi connectivity index (χ4n) is 3.67. The predicted octanol–water partition coefficient (Wildman–Crippen LogP) is 3.50. The Hall–Kier alpha value is -2.44. The maximum atomic E-state index is 13.0. The number of rotatable bonds is 4. The molecule has 2 heterocycles. The Morgan fingerprint density at radius 1 is 1.10 bits per heavy atom. The number of Topliss-reactive ketones (excluding diaryl/α,β-unsaturated/α-hetero) is 2. The van der Waals surface area contributed by atoms with Gasteiger partial charge in [0.15, 0.2) is 0 Å². The summed E-state index contributed by atoms with van der Waals surface area (Å²) in [4.78, 5) is 52.0. The van der Waals surface area contributed by atoms with Gasteiger partial charge in [-0.3, -0.25) is 24.1 Å². The number of anilines is 1. The second-order valence-electron chi connectivity index (χ2n) is 7.48. The van der Waals surface area contributed by atoms with Crippen molar-refractivity contribution < 1.29 is 14.4 Å². The van der Waals surface area contributed by atoms with E-state index in [2.05, 4.69) is 0 Å². The van der Waals surface area contributed by atoms with Crippen LogP contribution in [-0.2, 0) is 21.4 Å². The molecule has 0 saturated carbocycles. The van der Waals surface area contributed by atoms with Gasteiger partial charge >= 0.3 is 0 Å². The van der Waals surface area contributed by atoms with Crippen LogP contribution < -0.4 is 10.5 Å². The molecule has 0 spiro atoms. The second kappa shape index (κ2) is 7.76. The molecule has 0 radical (unpaired) electrons. The Morgan fingerprint density at radius 2 is 1.76 bits per heavy atom. The van der Waals surface area contributed by atoms with Crippen LogP contribution in [0.3, 0.4) is 0 Å². The van der Waals surface area contributed by atoms with Crippen molar-refractivity contribution in [2.45, 2.75) is 26.8 Å². The van der Waals surface area contributed by atoms with E-state index in [0.717, 1.165) is 5.56 Å². The third-order valence-corrected chi connectivity index (χ3v) is 5.64. The summed E-state index contributed by atoms with van der Waals surface area (Å²) in [6.07, 6.45) is 1.43. The van der Waals surface area contributed by atoms with E-state index >= 15 is 0 Å². The third-order valence-electron chi connectivity index (χ3n) is 5.14. The number of carbonyl (C=O) groups is 3. The standard InChI is InChI=1S/C21H20Cl2N2O4/c1-10(2)18(26)16-17(14-6-5-12(22)7-11(14)3)25(21(29)19(16)27)13-8-15(23)20(28)24(4)9-13/h5-10,16-17H,1-4H3. The first-order chi connectivity index (χ1) is 13.5. The monoisotopic (exact) mass is 434 g/mol. The van der Waals surface area contributed by atoms with Crippen LogP contribution in [0, 0.1) is 18.8 Å². The van der Waals surface area contributed by atoms with Gasteiger partial charge in [-0.25, -0.2) is 0 Å². The molecule has 6 nitrogen and oxygen atoms in total. The number of carbonyl (C=O) groups excluding carboxylic acids is 3. The zero-order chi connectivity index (χ0) is 21.6. The Balaban J connectivity index is 2.27. The highest BCUT2D eigenvalue weighted by Crippen LogP contribution is 2.42. The number of benzene rings is 1. The molecule has 1 aromatic heterocycles. The average Bonchev–Trinajstić information content (AvgIpc) is 2.89. The first-order valence-corrected chi connectivity index (χ1v) is 9.83. The number of aryl methyl sites for hydroxylation is 2. The highest BCUT2D eigenvalue weighted by molar-refractivity contribution is 6.48. The van der Waals surface area contributed by atoms with Gasteiger partial charge in [0.1, 0.15) is 16.7 Å². The molecule has 2 aromatic rings. The highest BCUT2D eigenvalue weighted by atomic mass is 35.5. The molecule has 152 valence electrons. The summed E-state index contributed by atoms with van der Waals surface area (Å²) < 4.78 is 1.23. The van der Waals surface area contributed by atoms with Crippen molar-refractivity contribution in [2.75, 3.05) is 4.90 Å². The van der Waals surface area contributed by atoms with Gasteiger partial charge < -0.3 is 4.57 Å². The minimum Gasteiger partial charge on any atom is -0.315 e. The second-order valence-corrected chi connectivity index (χ2v) is 8.33. The Morgan fingerprint density at radius 3 is 2.31 bits per heavy atom. The normalized spacial score (nSPS) is 19.3. The minimum atomic E-state index is -1.15. The molecule has 2 unspecified atom stereocenters. The Labute approximate surface area is 178 Å². The van der Waals surface area contributed by atoms with E-state index in [4.69, 9.17) is 23.2 Å². The molecule has 3 rings (SSSR count). The van der Waals surface area contributed by atoms with Crippen molar-refractivity contribution in [3.63, 3.8) is 0 Å². The predicted molar refractivity (Wildman–Crippen MR) is 111 cm³/mol. The van der Waals surface area contributed by atoms with Crippen LogP contribution in [0.1, 0.15) is 31.0 Å². The number of pyridine rings is 1. The molecule has 0 N–H and O–H groups in total. The van der Waals surface area contributed by atoms with E-state index < -0.39 is 35.1 Å². The van der Waals surface area contributed by atoms with Gasteiger partial charge in [0.25, 0.3) is 11.5 Å². The molecule has 1 aromatic carbocycles. The Bertz CT molecular complexity index is 1060. The van der Waals surface area contributed by atoms with E-state index in [1.807, 2.05) is 0 Å². The smallest absolute Gasteiger partial charge is 0.295 e. The quantitative estimate of drug-likeness (QED) is 0.544. The van der Waals surface area contributed by atoms with Crippen LogP contribution >= 0.6 is 23.2 Å². The van der Waals surface area contributed by atoms with Crippen LogP contribution in [0.5, 0.6) is 0 Å². The molecule has 0 bridgehead atoms. The van der Waals surface area contributed by atoms with Crippen LogP contribution in [0.2, 0.25) is 10.0 Å². The summed E-state index contributed by atoms with van der Waals surface area (Å²) >= 11 is 12.1. The summed E-state index contributed by atoms with van der Waals surface area (Å²) in [5.41, 5.74) is 1.22. The number of ketones is 2. The SMILES string of the molecule is Cc1cc(Cl)ccc1C1C(C(=O)C(C)C)C(=O)C(=O)N1c1cc(Cl)c(=O)n(C)c1. The largest absolute Gasteiger partial charge is 0.315 e. The summed E-state index contributed by atoms with van der Waals surface area (Å²) in [6.45, 7) is 5.19. The number of halogens is 2. The van der Waals surface area contributed by atoms with E-state index in [1.165, 1.54) is 28.8 Å². The molecule has 1 aliphatic heterocycles. The topological polar surface area (TPSA) is 76.5 Å². The molecule has 1 aliphatic rings. The molecule has 0 aliphatic carbocycles. The maximum Gasteiger partial charge on any atom is 0.295 e. The van der Waals surface area contributed by atoms with Crippen molar-refractivity contribution in [3.8, 4) is 0 Å². The minimum absolute atomic E-state index is 0.0875.